The van der Waals surface area contributed by atoms with Crippen molar-refractivity contribution in [3.05, 3.63) is 61.1 Å². The molecule has 2 heterocycles. The summed E-state index contributed by atoms with van der Waals surface area (Å²) in [5.74, 6) is -1.47. The Hall–Kier alpha value is -2.39. The second kappa shape index (κ2) is 8.74. The van der Waals surface area contributed by atoms with E-state index in [0.29, 0.717) is 26.9 Å². The van der Waals surface area contributed by atoms with Crippen molar-refractivity contribution < 1.29 is 19.8 Å². The van der Waals surface area contributed by atoms with E-state index in [1.54, 1.807) is 23.6 Å². The molecule has 1 aromatic carbocycles. The van der Waals surface area contributed by atoms with Crippen molar-refractivity contribution >= 4 is 64.0 Å². The predicted octanol–water partition coefficient (Wildman–Crippen LogP) is 5.15. The van der Waals surface area contributed by atoms with Crippen molar-refractivity contribution in [2.24, 2.45) is 5.10 Å². The van der Waals surface area contributed by atoms with Gasteiger partial charge >= 0.3 is 5.97 Å². The van der Waals surface area contributed by atoms with E-state index in [4.69, 9.17) is 28.3 Å². The van der Waals surface area contributed by atoms with Crippen LogP contribution in [-0.2, 0) is 6.42 Å². The molecule has 3 aromatic rings. The highest BCUT2D eigenvalue weighted by Crippen LogP contribution is 2.40. The molecule has 0 saturated carbocycles. The van der Waals surface area contributed by atoms with Crippen LogP contribution in [0.3, 0.4) is 0 Å². The van der Waals surface area contributed by atoms with Crippen LogP contribution in [0, 0.1) is 0 Å². The van der Waals surface area contributed by atoms with E-state index in [9.17, 15) is 14.7 Å². The second-order valence-electron chi connectivity index (χ2n) is 5.49. The minimum atomic E-state index is -1.08. The lowest BCUT2D eigenvalue weighted by Gasteiger charge is -2.02. The van der Waals surface area contributed by atoms with Gasteiger partial charge in [0.25, 0.3) is 5.91 Å². The Bertz CT molecular complexity index is 1080. The maximum absolute atomic E-state index is 11.9. The molecular formula is C18H12Cl2N2O4S2. The minimum absolute atomic E-state index is 0.0761. The number of amides is 1. The molecule has 0 aliphatic carbocycles. The number of aromatic carboxylic acids is 1. The quantitative estimate of drug-likeness (QED) is 0.354. The SMILES string of the molecule is O=C(O)c1ccc(C(=O)NN=CCc2csc(-c3ccc(Cl)c(Cl)c3)c2O)s1. The maximum Gasteiger partial charge on any atom is 0.345 e. The fourth-order valence-corrected chi connectivity index (χ4v) is 4.26. The molecule has 0 bridgehead atoms. The Balaban J connectivity index is 1.63. The summed E-state index contributed by atoms with van der Waals surface area (Å²) in [7, 11) is 0. The molecule has 0 radical (unpaired) electrons. The van der Waals surface area contributed by atoms with Gasteiger partial charge in [-0.05, 0) is 35.2 Å². The van der Waals surface area contributed by atoms with Crippen molar-refractivity contribution in [1.82, 2.24) is 5.43 Å². The van der Waals surface area contributed by atoms with Gasteiger partial charge in [0, 0.05) is 18.2 Å². The molecular weight excluding hydrogens is 443 g/mol. The summed E-state index contributed by atoms with van der Waals surface area (Å²) < 4.78 is 0. The van der Waals surface area contributed by atoms with E-state index in [-0.39, 0.29) is 15.5 Å². The Kier molecular flexibility index (Phi) is 6.35. The molecule has 3 N–H and O–H groups in total. The topological polar surface area (TPSA) is 99.0 Å². The number of carboxylic acids is 1. The average Bonchev–Trinajstić information content (AvgIpc) is 3.29. The number of halogens is 2. The lowest BCUT2D eigenvalue weighted by molar-refractivity contribution is 0.0702. The summed E-state index contributed by atoms with van der Waals surface area (Å²) in [4.78, 5) is 23.7. The third kappa shape index (κ3) is 4.53. The van der Waals surface area contributed by atoms with E-state index in [2.05, 4.69) is 10.5 Å². The van der Waals surface area contributed by atoms with Crippen LogP contribution in [0.15, 0.2) is 40.8 Å². The summed E-state index contributed by atoms with van der Waals surface area (Å²) >= 11 is 14.2. The van der Waals surface area contributed by atoms with Crippen LogP contribution in [0.2, 0.25) is 10.0 Å². The first-order chi connectivity index (χ1) is 13.4. The van der Waals surface area contributed by atoms with Gasteiger partial charge in [-0.3, -0.25) is 4.79 Å². The van der Waals surface area contributed by atoms with Gasteiger partial charge in [-0.25, -0.2) is 10.2 Å². The number of carbonyl (C=O) groups is 2. The van der Waals surface area contributed by atoms with Crippen LogP contribution in [0.25, 0.3) is 10.4 Å². The maximum atomic E-state index is 11.9. The highest BCUT2D eigenvalue weighted by molar-refractivity contribution is 7.15. The van der Waals surface area contributed by atoms with E-state index < -0.39 is 11.9 Å². The molecule has 0 fully saturated rings. The van der Waals surface area contributed by atoms with Gasteiger partial charge in [-0.2, -0.15) is 5.10 Å². The smallest absolute Gasteiger partial charge is 0.345 e. The molecule has 144 valence electrons. The van der Waals surface area contributed by atoms with Crippen LogP contribution in [-0.4, -0.2) is 28.3 Å². The number of carbonyl (C=O) groups excluding carboxylic acids is 1. The number of aromatic hydroxyl groups is 1. The number of benzene rings is 1. The fraction of sp³-hybridized carbons (Fsp3) is 0.0556. The van der Waals surface area contributed by atoms with Gasteiger partial charge in [-0.15, -0.1) is 22.7 Å². The zero-order valence-electron chi connectivity index (χ0n) is 14.0. The first-order valence-corrected chi connectivity index (χ1v) is 10.2. The molecule has 1 amide bonds. The summed E-state index contributed by atoms with van der Waals surface area (Å²) in [6.07, 6.45) is 1.75. The first-order valence-electron chi connectivity index (χ1n) is 7.76. The molecule has 0 aliphatic rings. The number of thiophene rings is 2. The lowest BCUT2D eigenvalue weighted by Crippen LogP contribution is -2.16. The van der Waals surface area contributed by atoms with E-state index in [0.717, 1.165) is 16.9 Å². The zero-order chi connectivity index (χ0) is 20.3. The molecule has 6 nitrogen and oxygen atoms in total. The molecule has 3 rings (SSSR count). The Labute approximate surface area is 177 Å². The number of hydrogen-bond acceptors (Lipinski definition) is 6. The van der Waals surface area contributed by atoms with Gasteiger partial charge < -0.3 is 10.2 Å². The van der Waals surface area contributed by atoms with Crippen LogP contribution in [0.5, 0.6) is 5.75 Å². The van der Waals surface area contributed by atoms with E-state index in [1.165, 1.54) is 29.7 Å². The molecule has 0 unspecified atom stereocenters. The Morgan fingerprint density at radius 3 is 2.57 bits per heavy atom. The van der Waals surface area contributed by atoms with Gasteiger partial charge in [0.2, 0.25) is 0 Å². The van der Waals surface area contributed by atoms with Gasteiger partial charge in [0.05, 0.1) is 19.8 Å². The minimum Gasteiger partial charge on any atom is -0.506 e. The molecule has 2 aromatic heterocycles. The number of hydrazone groups is 1. The van der Waals surface area contributed by atoms with Crippen molar-refractivity contribution in [2.45, 2.75) is 6.42 Å². The van der Waals surface area contributed by atoms with Crippen LogP contribution >= 0.6 is 45.9 Å². The van der Waals surface area contributed by atoms with Crippen LogP contribution < -0.4 is 5.43 Å². The van der Waals surface area contributed by atoms with Gasteiger partial charge in [0.1, 0.15) is 10.6 Å². The molecule has 0 aliphatic heterocycles. The highest BCUT2D eigenvalue weighted by atomic mass is 35.5. The standard InChI is InChI=1S/C18H12Cl2N2O4S2/c19-11-2-1-9(7-12(11)20)16-15(23)10(8-27-16)5-6-21-22-17(24)13-3-4-14(28-13)18(25)26/h1-4,6-8,23H,5H2,(H,22,24)(H,25,26). The number of nitrogens with one attached hydrogen (secondary N) is 1. The Morgan fingerprint density at radius 1 is 1.14 bits per heavy atom. The predicted molar refractivity (Wildman–Crippen MR) is 112 cm³/mol. The fourth-order valence-electron chi connectivity index (χ4n) is 2.25. The van der Waals surface area contributed by atoms with Crippen molar-refractivity contribution in [3.8, 4) is 16.2 Å². The number of nitrogens with zero attached hydrogens (tertiary/aromatic N) is 1. The first kappa shape index (κ1) is 20.3. The number of carboxylic acid groups (broad SMARTS) is 1. The third-order valence-corrected chi connectivity index (χ3v) is 6.51. The number of hydrogen-bond donors (Lipinski definition) is 3. The normalized spacial score (nSPS) is 11.1. The molecule has 28 heavy (non-hydrogen) atoms. The number of rotatable bonds is 6. The van der Waals surface area contributed by atoms with Gasteiger partial charge in [-0.1, -0.05) is 29.3 Å². The van der Waals surface area contributed by atoms with Gasteiger partial charge in [0.15, 0.2) is 0 Å². The summed E-state index contributed by atoms with van der Waals surface area (Å²) in [5, 5.41) is 25.7. The third-order valence-electron chi connectivity index (χ3n) is 3.63. The van der Waals surface area contributed by atoms with Crippen LogP contribution in [0.1, 0.15) is 24.9 Å². The Morgan fingerprint density at radius 2 is 1.89 bits per heavy atom. The second-order valence-corrected chi connectivity index (χ2v) is 8.27. The zero-order valence-corrected chi connectivity index (χ0v) is 17.1. The highest BCUT2D eigenvalue weighted by Gasteiger charge is 2.14. The largest absolute Gasteiger partial charge is 0.506 e. The lowest BCUT2D eigenvalue weighted by atomic mass is 10.1. The molecule has 0 spiro atoms. The summed E-state index contributed by atoms with van der Waals surface area (Å²) in [6, 6.07) is 7.90. The summed E-state index contributed by atoms with van der Waals surface area (Å²) in [5.41, 5.74) is 3.73. The van der Waals surface area contributed by atoms with Crippen molar-refractivity contribution in [1.29, 1.82) is 0 Å². The van der Waals surface area contributed by atoms with Crippen molar-refractivity contribution in [2.75, 3.05) is 0 Å². The van der Waals surface area contributed by atoms with E-state index in [1.807, 2.05) is 0 Å². The molecule has 10 heteroatoms. The summed E-state index contributed by atoms with van der Waals surface area (Å²) in [6.45, 7) is 0. The molecule has 0 saturated heterocycles. The van der Waals surface area contributed by atoms with Crippen LogP contribution in [0.4, 0.5) is 0 Å². The molecule has 0 atom stereocenters. The van der Waals surface area contributed by atoms with E-state index >= 15 is 0 Å². The average molecular weight is 455 g/mol. The van der Waals surface area contributed by atoms with Crippen molar-refractivity contribution in [3.63, 3.8) is 0 Å². The monoisotopic (exact) mass is 454 g/mol.